The number of nitrogens with two attached hydrogens (primary N) is 1. The number of aryl methyl sites for hydroxylation is 2. The Morgan fingerprint density at radius 3 is 2.95 bits per heavy atom. The number of rotatable bonds is 8. The van der Waals surface area contributed by atoms with Gasteiger partial charge in [0.25, 0.3) is 0 Å². The standard InChI is InChI=1S/C16H23N3O/c1-2-6-16-18-9-11-19(16)10-5-12-20-15-8-4-3-7-14(15)13-17/h3-4,7-9,11H,2,5-6,10,12-13,17H2,1H3. The summed E-state index contributed by atoms with van der Waals surface area (Å²) in [5.41, 5.74) is 6.75. The molecule has 2 N–H and O–H groups in total. The Bertz CT molecular complexity index is 522. The summed E-state index contributed by atoms with van der Waals surface area (Å²) < 4.78 is 8.02. The Labute approximate surface area is 120 Å². The summed E-state index contributed by atoms with van der Waals surface area (Å²) >= 11 is 0. The van der Waals surface area contributed by atoms with Crippen molar-refractivity contribution >= 4 is 0 Å². The first-order valence-corrected chi connectivity index (χ1v) is 7.26. The summed E-state index contributed by atoms with van der Waals surface area (Å²) in [5, 5.41) is 0. The van der Waals surface area contributed by atoms with Crippen LogP contribution in [0.25, 0.3) is 0 Å². The van der Waals surface area contributed by atoms with E-state index in [9.17, 15) is 0 Å². The third-order valence-electron chi connectivity index (χ3n) is 3.27. The number of aromatic nitrogens is 2. The third kappa shape index (κ3) is 3.84. The summed E-state index contributed by atoms with van der Waals surface area (Å²) in [4.78, 5) is 4.38. The van der Waals surface area contributed by atoms with Gasteiger partial charge in [-0.05, 0) is 18.9 Å². The van der Waals surface area contributed by atoms with Crippen LogP contribution >= 0.6 is 0 Å². The molecule has 1 aromatic carbocycles. The SMILES string of the molecule is CCCc1nccn1CCCOc1ccccc1CN. The molecule has 0 spiro atoms. The molecule has 0 saturated carbocycles. The van der Waals surface area contributed by atoms with Gasteiger partial charge in [0, 0.05) is 37.5 Å². The Balaban J connectivity index is 1.80. The molecule has 1 heterocycles. The monoisotopic (exact) mass is 273 g/mol. The van der Waals surface area contributed by atoms with Crippen LogP contribution in [0.3, 0.4) is 0 Å². The van der Waals surface area contributed by atoms with Gasteiger partial charge in [-0.25, -0.2) is 4.98 Å². The summed E-state index contributed by atoms with van der Waals surface area (Å²) in [5.74, 6) is 2.06. The van der Waals surface area contributed by atoms with Crippen LogP contribution in [0.5, 0.6) is 5.75 Å². The summed E-state index contributed by atoms with van der Waals surface area (Å²) in [6.45, 7) is 4.32. The molecule has 0 saturated heterocycles. The van der Waals surface area contributed by atoms with Crippen molar-refractivity contribution in [3.8, 4) is 5.75 Å². The minimum absolute atomic E-state index is 0.512. The lowest BCUT2D eigenvalue weighted by atomic mass is 10.2. The molecule has 0 fully saturated rings. The largest absolute Gasteiger partial charge is 0.493 e. The third-order valence-corrected chi connectivity index (χ3v) is 3.27. The maximum absolute atomic E-state index is 5.81. The second-order valence-electron chi connectivity index (χ2n) is 4.80. The quantitative estimate of drug-likeness (QED) is 0.752. The highest BCUT2D eigenvalue weighted by Gasteiger charge is 2.03. The predicted molar refractivity (Wildman–Crippen MR) is 80.7 cm³/mol. The van der Waals surface area contributed by atoms with Crippen molar-refractivity contribution in [2.75, 3.05) is 6.61 Å². The topological polar surface area (TPSA) is 53.1 Å². The van der Waals surface area contributed by atoms with Gasteiger partial charge in [0.15, 0.2) is 0 Å². The van der Waals surface area contributed by atoms with Gasteiger partial charge in [-0.1, -0.05) is 25.1 Å². The first-order valence-electron chi connectivity index (χ1n) is 7.26. The zero-order chi connectivity index (χ0) is 14.2. The van der Waals surface area contributed by atoms with Crippen molar-refractivity contribution in [2.45, 2.75) is 39.3 Å². The van der Waals surface area contributed by atoms with Crippen molar-refractivity contribution in [2.24, 2.45) is 5.73 Å². The maximum atomic E-state index is 5.81. The average molecular weight is 273 g/mol. The Hall–Kier alpha value is -1.81. The van der Waals surface area contributed by atoms with Crippen molar-refractivity contribution in [1.82, 2.24) is 9.55 Å². The van der Waals surface area contributed by atoms with E-state index in [-0.39, 0.29) is 0 Å². The van der Waals surface area contributed by atoms with Crippen molar-refractivity contribution in [1.29, 1.82) is 0 Å². The Morgan fingerprint density at radius 1 is 1.30 bits per heavy atom. The molecular formula is C16H23N3O. The zero-order valence-electron chi connectivity index (χ0n) is 12.1. The van der Waals surface area contributed by atoms with E-state index in [1.54, 1.807) is 0 Å². The van der Waals surface area contributed by atoms with E-state index in [0.29, 0.717) is 13.2 Å². The van der Waals surface area contributed by atoms with Crippen LogP contribution in [0.4, 0.5) is 0 Å². The fraction of sp³-hybridized carbons (Fsp3) is 0.438. The molecule has 0 amide bonds. The van der Waals surface area contributed by atoms with Crippen LogP contribution in [-0.2, 0) is 19.5 Å². The van der Waals surface area contributed by atoms with Gasteiger partial charge in [-0.3, -0.25) is 0 Å². The molecular weight excluding hydrogens is 250 g/mol. The first-order chi connectivity index (χ1) is 9.85. The molecule has 0 aliphatic carbocycles. The van der Waals surface area contributed by atoms with Gasteiger partial charge in [0.1, 0.15) is 11.6 Å². The number of benzene rings is 1. The minimum Gasteiger partial charge on any atom is -0.493 e. The molecule has 0 aliphatic heterocycles. The average Bonchev–Trinajstić information content (AvgIpc) is 2.92. The fourth-order valence-electron chi connectivity index (χ4n) is 2.23. The molecule has 20 heavy (non-hydrogen) atoms. The van der Waals surface area contributed by atoms with Gasteiger partial charge in [0.2, 0.25) is 0 Å². The van der Waals surface area contributed by atoms with E-state index in [2.05, 4.69) is 16.5 Å². The normalized spacial score (nSPS) is 10.7. The second-order valence-corrected chi connectivity index (χ2v) is 4.80. The number of nitrogens with zero attached hydrogens (tertiary/aromatic N) is 2. The highest BCUT2D eigenvalue weighted by atomic mass is 16.5. The van der Waals surface area contributed by atoms with E-state index in [1.165, 1.54) is 0 Å². The summed E-state index contributed by atoms with van der Waals surface area (Å²) in [7, 11) is 0. The summed E-state index contributed by atoms with van der Waals surface area (Å²) in [6, 6.07) is 7.94. The van der Waals surface area contributed by atoms with Gasteiger partial charge in [-0.2, -0.15) is 0 Å². The van der Waals surface area contributed by atoms with Crippen LogP contribution in [-0.4, -0.2) is 16.2 Å². The van der Waals surface area contributed by atoms with E-state index in [1.807, 2.05) is 36.7 Å². The fourth-order valence-corrected chi connectivity index (χ4v) is 2.23. The molecule has 4 heteroatoms. The molecule has 1 aromatic heterocycles. The molecule has 0 radical (unpaired) electrons. The van der Waals surface area contributed by atoms with Crippen LogP contribution in [0.2, 0.25) is 0 Å². The van der Waals surface area contributed by atoms with Gasteiger partial charge >= 0.3 is 0 Å². The first kappa shape index (κ1) is 14.6. The number of imidazole rings is 1. The lowest BCUT2D eigenvalue weighted by Gasteiger charge is -2.11. The lowest BCUT2D eigenvalue weighted by molar-refractivity contribution is 0.298. The minimum atomic E-state index is 0.512. The van der Waals surface area contributed by atoms with E-state index in [4.69, 9.17) is 10.5 Å². The Kier molecular flexibility index (Phi) is 5.62. The lowest BCUT2D eigenvalue weighted by Crippen LogP contribution is -2.08. The van der Waals surface area contributed by atoms with Gasteiger partial charge < -0.3 is 15.0 Å². The molecule has 2 aromatic rings. The van der Waals surface area contributed by atoms with Crippen molar-refractivity contribution in [3.63, 3.8) is 0 Å². The highest BCUT2D eigenvalue weighted by molar-refractivity contribution is 5.32. The van der Waals surface area contributed by atoms with Crippen LogP contribution in [0.1, 0.15) is 31.2 Å². The predicted octanol–water partition coefficient (Wildman–Crippen LogP) is 2.76. The van der Waals surface area contributed by atoms with E-state index >= 15 is 0 Å². The Morgan fingerprint density at radius 2 is 2.15 bits per heavy atom. The molecule has 0 aliphatic rings. The number of para-hydroxylation sites is 1. The van der Waals surface area contributed by atoms with Crippen molar-refractivity contribution in [3.05, 3.63) is 48.0 Å². The second kappa shape index (κ2) is 7.70. The van der Waals surface area contributed by atoms with Crippen LogP contribution in [0, 0.1) is 0 Å². The molecule has 0 atom stereocenters. The van der Waals surface area contributed by atoms with E-state index < -0.39 is 0 Å². The highest BCUT2D eigenvalue weighted by Crippen LogP contribution is 2.17. The summed E-state index contributed by atoms with van der Waals surface area (Å²) in [6.07, 6.45) is 7.03. The number of hydrogen-bond donors (Lipinski definition) is 1. The molecule has 4 nitrogen and oxygen atoms in total. The number of ether oxygens (including phenoxy) is 1. The molecule has 108 valence electrons. The van der Waals surface area contributed by atoms with Gasteiger partial charge in [0.05, 0.1) is 6.61 Å². The maximum Gasteiger partial charge on any atom is 0.123 e. The van der Waals surface area contributed by atoms with E-state index in [0.717, 1.165) is 42.9 Å². The molecule has 0 bridgehead atoms. The van der Waals surface area contributed by atoms with Crippen molar-refractivity contribution < 1.29 is 4.74 Å². The van der Waals surface area contributed by atoms with Crippen LogP contribution in [0.15, 0.2) is 36.7 Å². The smallest absolute Gasteiger partial charge is 0.123 e. The van der Waals surface area contributed by atoms with Gasteiger partial charge in [-0.15, -0.1) is 0 Å². The van der Waals surface area contributed by atoms with Crippen LogP contribution < -0.4 is 10.5 Å². The zero-order valence-corrected chi connectivity index (χ0v) is 12.1. The molecule has 0 unspecified atom stereocenters. The molecule has 2 rings (SSSR count). The number of hydrogen-bond acceptors (Lipinski definition) is 3.